The lowest BCUT2D eigenvalue weighted by molar-refractivity contribution is 0.276. The van der Waals surface area contributed by atoms with Gasteiger partial charge in [-0.3, -0.25) is 4.98 Å². The fourth-order valence-electron chi connectivity index (χ4n) is 3.19. The van der Waals surface area contributed by atoms with Crippen molar-refractivity contribution in [3.63, 3.8) is 0 Å². The van der Waals surface area contributed by atoms with Crippen LogP contribution in [-0.4, -0.2) is 11.6 Å². The van der Waals surface area contributed by atoms with Crippen molar-refractivity contribution in [2.75, 3.05) is 6.61 Å². The number of rotatable bonds is 4. The van der Waals surface area contributed by atoms with Crippen LogP contribution in [-0.2, 0) is 0 Å². The number of benzene rings is 1. The molecule has 21 heavy (non-hydrogen) atoms. The Morgan fingerprint density at radius 3 is 2.57 bits per heavy atom. The van der Waals surface area contributed by atoms with Crippen LogP contribution in [0.2, 0.25) is 0 Å². The van der Waals surface area contributed by atoms with Crippen molar-refractivity contribution in [1.82, 2.24) is 4.98 Å². The zero-order valence-electron chi connectivity index (χ0n) is 12.6. The molecule has 1 fully saturated rings. The minimum atomic E-state index is 0.296. The molecule has 3 heteroatoms. The topological polar surface area (TPSA) is 22.1 Å². The number of halogens is 1. The SMILES string of the molecule is Cc1ncccc1OC[C@H]1[C@H](c2ccc(Br)cc2)C1(C)C. The third-order valence-corrected chi connectivity index (χ3v) is 5.19. The zero-order chi connectivity index (χ0) is 15.0. The van der Waals surface area contributed by atoms with Gasteiger partial charge in [0.15, 0.2) is 0 Å². The van der Waals surface area contributed by atoms with Gasteiger partial charge in [-0.25, -0.2) is 0 Å². The maximum Gasteiger partial charge on any atom is 0.140 e. The lowest BCUT2D eigenvalue weighted by atomic mass is 10.0. The van der Waals surface area contributed by atoms with E-state index in [0.717, 1.165) is 22.5 Å². The quantitative estimate of drug-likeness (QED) is 0.780. The maximum atomic E-state index is 6.00. The zero-order valence-corrected chi connectivity index (χ0v) is 14.2. The summed E-state index contributed by atoms with van der Waals surface area (Å²) >= 11 is 3.50. The average Bonchev–Trinajstić information content (AvgIpc) is 3.00. The molecule has 0 amide bonds. The van der Waals surface area contributed by atoms with E-state index in [1.807, 2.05) is 19.1 Å². The number of hydrogen-bond acceptors (Lipinski definition) is 2. The molecule has 0 bridgehead atoms. The van der Waals surface area contributed by atoms with E-state index in [2.05, 4.69) is 59.0 Å². The molecule has 110 valence electrons. The largest absolute Gasteiger partial charge is 0.491 e. The number of aryl methyl sites for hydroxylation is 1. The van der Waals surface area contributed by atoms with Crippen molar-refractivity contribution in [1.29, 1.82) is 0 Å². The van der Waals surface area contributed by atoms with Crippen LogP contribution in [0.1, 0.15) is 31.0 Å². The fourth-order valence-corrected chi connectivity index (χ4v) is 3.45. The number of aromatic nitrogens is 1. The lowest BCUT2D eigenvalue weighted by Crippen LogP contribution is -2.05. The summed E-state index contributed by atoms with van der Waals surface area (Å²) in [5, 5.41) is 0. The van der Waals surface area contributed by atoms with Crippen molar-refractivity contribution in [2.45, 2.75) is 26.7 Å². The summed E-state index contributed by atoms with van der Waals surface area (Å²) in [6.45, 7) is 7.38. The van der Waals surface area contributed by atoms with Crippen LogP contribution in [0.5, 0.6) is 5.75 Å². The molecule has 0 saturated heterocycles. The van der Waals surface area contributed by atoms with Crippen LogP contribution in [0.15, 0.2) is 47.1 Å². The first-order chi connectivity index (χ1) is 10.00. The van der Waals surface area contributed by atoms with E-state index in [4.69, 9.17) is 4.74 Å². The molecule has 1 aliphatic carbocycles. The van der Waals surface area contributed by atoms with Gasteiger partial charge in [0.05, 0.1) is 12.3 Å². The highest BCUT2D eigenvalue weighted by atomic mass is 79.9. The number of pyridine rings is 1. The molecule has 2 aromatic rings. The van der Waals surface area contributed by atoms with Crippen molar-refractivity contribution < 1.29 is 4.74 Å². The van der Waals surface area contributed by atoms with E-state index < -0.39 is 0 Å². The molecule has 0 radical (unpaired) electrons. The summed E-state index contributed by atoms with van der Waals surface area (Å²) in [4.78, 5) is 4.27. The minimum absolute atomic E-state index is 0.296. The first-order valence-corrected chi connectivity index (χ1v) is 8.09. The second-order valence-electron chi connectivity index (χ2n) is 6.36. The minimum Gasteiger partial charge on any atom is -0.491 e. The summed E-state index contributed by atoms with van der Waals surface area (Å²) < 4.78 is 7.13. The normalized spacial score (nSPS) is 22.9. The monoisotopic (exact) mass is 345 g/mol. The molecule has 0 N–H and O–H groups in total. The van der Waals surface area contributed by atoms with Crippen molar-refractivity contribution >= 4 is 15.9 Å². The molecular weight excluding hydrogens is 326 g/mol. The van der Waals surface area contributed by atoms with Crippen LogP contribution in [0.25, 0.3) is 0 Å². The smallest absolute Gasteiger partial charge is 0.140 e. The Hall–Kier alpha value is -1.35. The molecular formula is C18H20BrNO. The van der Waals surface area contributed by atoms with Gasteiger partial charge in [0.25, 0.3) is 0 Å². The first-order valence-electron chi connectivity index (χ1n) is 7.30. The third kappa shape index (κ3) is 2.84. The van der Waals surface area contributed by atoms with Gasteiger partial charge in [-0.05, 0) is 48.1 Å². The molecule has 1 aromatic carbocycles. The molecule has 1 aliphatic rings. The standard InChI is InChI=1S/C18H20BrNO/c1-12-16(5-4-10-20-12)21-11-15-17(18(15,2)3)13-6-8-14(19)9-7-13/h4-10,15,17H,11H2,1-3H3/t15-,17-/m0/s1. The first kappa shape index (κ1) is 14.6. The average molecular weight is 346 g/mol. The van der Waals surface area contributed by atoms with Crippen LogP contribution < -0.4 is 4.74 Å². The Labute approximate surface area is 134 Å². The van der Waals surface area contributed by atoms with Crippen LogP contribution >= 0.6 is 15.9 Å². The van der Waals surface area contributed by atoms with Crippen LogP contribution in [0.3, 0.4) is 0 Å². The molecule has 0 unspecified atom stereocenters. The van der Waals surface area contributed by atoms with Crippen LogP contribution in [0, 0.1) is 18.3 Å². The second-order valence-corrected chi connectivity index (χ2v) is 7.27. The molecule has 1 aromatic heterocycles. The van der Waals surface area contributed by atoms with Gasteiger partial charge in [-0.1, -0.05) is 41.9 Å². The molecule has 0 aliphatic heterocycles. The number of ether oxygens (including phenoxy) is 1. The van der Waals surface area contributed by atoms with Crippen molar-refractivity contribution in [2.24, 2.45) is 11.3 Å². The molecule has 0 spiro atoms. The molecule has 1 heterocycles. The van der Waals surface area contributed by atoms with E-state index in [1.54, 1.807) is 6.20 Å². The predicted molar refractivity (Wildman–Crippen MR) is 88.6 cm³/mol. The van der Waals surface area contributed by atoms with Gasteiger partial charge in [0.2, 0.25) is 0 Å². The van der Waals surface area contributed by atoms with Gasteiger partial charge in [-0.2, -0.15) is 0 Å². The van der Waals surface area contributed by atoms with E-state index >= 15 is 0 Å². The van der Waals surface area contributed by atoms with E-state index in [9.17, 15) is 0 Å². The Bertz CT molecular complexity index is 636. The highest BCUT2D eigenvalue weighted by Gasteiger charge is 2.58. The Balaban J connectivity index is 1.69. The number of nitrogens with zero attached hydrogens (tertiary/aromatic N) is 1. The third-order valence-electron chi connectivity index (χ3n) is 4.66. The van der Waals surface area contributed by atoms with E-state index in [1.165, 1.54) is 5.56 Å². The van der Waals surface area contributed by atoms with Crippen LogP contribution in [0.4, 0.5) is 0 Å². The summed E-state index contributed by atoms with van der Waals surface area (Å²) in [5.41, 5.74) is 2.65. The van der Waals surface area contributed by atoms with E-state index in [0.29, 0.717) is 17.3 Å². The van der Waals surface area contributed by atoms with Gasteiger partial charge in [-0.15, -0.1) is 0 Å². The highest BCUT2D eigenvalue weighted by molar-refractivity contribution is 9.10. The highest BCUT2D eigenvalue weighted by Crippen LogP contribution is 2.64. The van der Waals surface area contributed by atoms with Gasteiger partial charge in [0, 0.05) is 16.6 Å². The summed E-state index contributed by atoms with van der Waals surface area (Å²) in [5.74, 6) is 2.02. The molecule has 2 atom stereocenters. The van der Waals surface area contributed by atoms with Gasteiger partial charge >= 0.3 is 0 Å². The van der Waals surface area contributed by atoms with Crippen molar-refractivity contribution in [3.8, 4) is 5.75 Å². The Kier molecular flexibility index (Phi) is 3.78. The lowest BCUT2D eigenvalue weighted by Gasteiger charge is -2.08. The van der Waals surface area contributed by atoms with Gasteiger partial charge < -0.3 is 4.74 Å². The second kappa shape index (κ2) is 5.45. The predicted octanol–water partition coefficient (Wildman–Crippen LogP) is 4.97. The Morgan fingerprint density at radius 2 is 1.90 bits per heavy atom. The van der Waals surface area contributed by atoms with Crippen molar-refractivity contribution in [3.05, 3.63) is 58.3 Å². The Morgan fingerprint density at radius 1 is 1.19 bits per heavy atom. The van der Waals surface area contributed by atoms with E-state index in [-0.39, 0.29) is 0 Å². The fraction of sp³-hybridized carbons (Fsp3) is 0.389. The summed E-state index contributed by atoms with van der Waals surface area (Å²) in [6, 6.07) is 12.6. The summed E-state index contributed by atoms with van der Waals surface area (Å²) in [7, 11) is 0. The van der Waals surface area contributed by atoms with Gasteiger partial charge in [0.1, 0.15) is 5.75 Å². The molecule has 2 nitrogen and oxygen atoms in total. The molecule has 1 saturated carbocycles. The maximum absolute atomic E-state index is 6.00. The number of hydrogen-bond donors (Lipinski definition) is 0. The summed E-state index contributed by atoms with van der Waals surface area (Å²) in [6.07, 6.45) is 1.80. The molecule has 3 rings (SSSR count).